The first kappa shape index (κ1) is 31.6. The molecule has 0 fully saturated rings. The van der Waals surface area contributed by atoms with Crippen LogP contribution in [0.15, 0.2) is 111 Å². The van der Waals surface area contributed by atoms with Crippen molar-refractivity contribution in [3.8, 4) is 5.75 Å². The summed E-state index contributed by atoms with van der Waals surface area (Å²) in [6.07, 6.45) is 0.639. The van der Waals surface area contributed by atoms with Crippen molar-refractivity contribution in [2.24, 2.45) is 15.3 Å². The molecule has 5 rings (SSSR count). The third kappa shape index (κ3) is 8.03. The first-order valence-electron chi connectivity index (χ1n) is 13.3. The van der Waals surface area contributed by atoms with Crippen LogP contribution in [-0.4, -0.2) is 45.2 Å². The summed E-state index contributed by atoms with van der Waals surface area (Å²) >= 11 is 6.11. The van der Waals surface area contributed by atoms with Gasteiger partial charge in [0.15, 0.2) is 12.0 Å². The van der Waals surface area contributed by atoms with Crippen molar-refractivity contribution in [3.05, 3.63) is 113 Å². The van der Waals surface area contributed by atoms with Crippen LogP contribution in [0.2, 0.25) is 5.28 Å². The lowest BCUT2D eigenvalue weighted by atomic mass is 10.2. The van der Waals surface area contributed by atoms with Gasteiger partial charge < -0.3 is 15.7 Å². The first-order chi connectivity index (χ1) is 22.1. The number of halogens is 1. The zero-order chi connectivity index (χ0) is 32.7. The number of hydrogen-bond donors (Lipinski definition) is 5. The Morgan fingerprint density at radius 1 is 0.870 bits per heavy atom. The van der Waals surface area contributed by atoms with Crippen LogP contribution in [0.1, 0.15) is 21.5 Å². The Labute approximate surface area is 267 Å². The highest BCUT2D eigenvalue weighted by atomic mass is 35.5. The number of hydrazone groups is 1. The van der Waals surface area contributed by atoms with Crippen LogP contribution in [0, 0.1) is 6.92 Å². The molecule has 1 heterocycles. The average Bonchev–Trinajstić information content (AvgIpc) is 3.03. The molecule has 0 saturated carbocycles. The molecule has 16 heteroatoms. The Morgan fingerprint density at radius 2 is 1.52 bits per heavy atom. The highest BCUT2D eigenvalue weighted by Gasteiger charge is 2.19. The molecule has 46 heavy (non-hydrogen) atoms. The molecule has 5 N–H and O–H groups in total. The van der Waals surface area contributed by atoms with Crippen LogP contribution < -0.4 is 16.1 Å². The molecular weight excluding hydrogens is 634 g/mol. The summed E-state index contributed by atoms with van der Waals surface area (Å²) in [5.41, 5.74) is 4.92. The summed E-state index contributed by atoms with van der Waals surface area (Å²) in [5.74, 6) is -0.590. The number of aromatic hydroxyl groups is 1. The molecule has 0 aliphatic carbocycles. The molecule has 0 aliphatic heterocycles. The summed E-state index contributed by atoms with van der Waals surface area (Å²) in [6.45, 7) is 1.94. The van der Waals surface area contributed by atoms with Gasteiger partial charge in [0.2, 0.25) is 23.0 Å². The zero-order valence-corrected chi connectivity index (χ0v) is 25.4. The minimum absolute atomic E-state index is 0.0172. The molecule has 0 saturated heterocycles. The second-order valence-electron chi connectivity index (χ2n) is 9.50. The van der Waals surface area contributed by atoms with E-state index < -0.39 is 20.8 Å². The van der Waals surface area contributed by atoms with Gasteiger partial charge in [0, 0.05) is 16.8 Å². The Morgan fingerprint density at radius 3 is 2.22 bits per heavy atom. The Balaban J connectivity index is 1.50. The topological polar surface area (TPSA) is 204 Å². The number of aryl methyl sites for hydroxylation is 1. The fraction of sp³-hybridized carbons (Fsp3) is 0.0333. The van der Waals surface area contributed by atoms with Gasteiger partial charge in [-0.05, 0) is 54.9 Å². The summed E-state index contributed by atoms with van der Waals surface area (Å²) in [6, 6.07) is 24.5. The molecule has 0 spiro atoms. The zero-order valence-electron chi connectivity index (χ0n) is 23.8. The molecule has 0 aliphatic rings. The molecular formula is C30H24ClN9O5S. The van der Waals surface area contributed by atoms with E-state index >= 15 is 0 Å². The van der Waals surface area contributed by atoms with Gasteiger partial charge in [0.1, 0.15) is 5.69 Å². The lowest BCUT2D eigenvalue weighted by molar-refractivity contribution is 0.112. The number of phenolic OH excluding ortho intramolecular Hbond substituents is 1. The predicted octanol–water partition coefficient (Wildman–Crippen LogP) is 6.64. The third-order valence-electron chi connectivity index (χ3n) is 6.17. The molecule has 0 radical (unpaired) electrons. The maximum Gasteiger partial charge on any atom is 0.294 e. The maximum atomic E-state index is 12.2. The van der Waals surface area contributed by atoms with Crippen LogP contribution in [-0.2, 0) is 10.1 Å². The number of anilines is 5. The van der Waals surface area contributed by atoms with E-state index in [2.05, 4.69) is 46.3 Å². The Bertz CT molecular complexity index is 2060. The van der Waals surface area contributed by atoms with Crippen molar-refractivity contribution in [1.29, 1.82) is 0 Å². The van der Waals surface area contributed by atoms with Crippen LogP contribution in [0.5, 0.6) is 5.75 Å². The maximum absolute atomic E-state index is 12.2. The Kier molecular flexibility index (Phi) is 9.56. The van der Waals surface area contributed by atoms with Gasteiger partial charge in [-0.3, -0.25) is 14.8 Å². The summed E-state index contributed by atoms with van der Waals surface area (Å²) in [7, 11) is -4.77. The van der Waals surface area contributed by atoms with Gasteiger partial charge in [-0.25, -0.2) is 0 Å². The number of carbonyl (C=O) groups excluding carboxylic acids is 1. The fourth-order valence-corrected chi connectivity index (χ4v) is 4.60. The molecule has 14 nitrogen and oxygen atoms in total. The lowest BCUT2D eigenvalue weighted by Crippen LogP contribution is -2.07. The molecule has 1 aromatic heterocycles. The summed E-state index contributed by atoms with van der Waals surface area (Å²) in [5, 5.41) is 29.2. The number of phenols is 1. The molecule has 0 unspecified atom stereocenters. The molecule has 0 amide bonds. The highest BCUT2D eigenvalue weighted by molar-refractivity contribution is 7.85. The minimum atomic E-state index is -4.77. The number of carbonyl (C=O) groups is 1. The molecule has 4 aromatic carbocycles. The number of azo groups is 1. The second-order valence-corrected chi connectivity index (χ2v) is 11.3. The van der Waals surface area contributed by atoms with Gasteiger partial charge in [-0.2, -0.15) is 28.5 Å². The number of amidine groups is 1. The molecule has 0 atom stereocenters. The SMILES string of the molecule is Cc1ccc(Nc2nc(Cl)nc(Nc3cc(S(=O)(=O)O)cc(NN=C(N=Nc4ccccc4C=O)c4ccccc4)c3O)n2)cc1. The number of hydrogen-bond acceptors (Lipinski definition) is 12. The third-order valence-corrected chi connectivity index (χ3v) is 7.17. The normalized spacial score (nSPS) is 11.8. The van der Waals surface area contributed by atoms with Crippen molar-refractivity contribution < 1.29 is 22.9 Å². The van der Waals surface area contributed by atoms with E-state index in [0.29, 0.717) is 23.1 Å². The molecule has 232 valence electrons. The number of benzene rings is 4. The number of aldehydes is 1. The largest absolute Gasteiger partial charge is 0.504 e. The van der Waals surface area contributed by atoms with Crippen molar-refractivity contribution >= 4 is 68.5 Å². The van der Waals surface area contributed by atoms with Crippen molar-refractivity contribution in [3.63, 3.8) is 0 Å². The number of aromatic nitrogens is 3. The van der Waals surface area contributed by atoms with Crippen LogP contribution >= 0.6 is 11.6 Å². The predicted molar refractivity (Wildman–Crippen MR) is 173 cm³/mol. The summed E-state index contributed by atoms with van der Waals surface area (Å²) in [4.78, 5) is 23.1. The molecule has 0 bridgehead atoms. The fourth-order valence-electron chi connectivity index (χ4n) is 3.91. The second kappa shape index (κ2) is 13.9. The van der Waals surface area contributed by atoms with Gasteiger partial charge in [-0.15, -0.1) is 10.2 Å². The van der Waals surface area contributed by atoms with E-state index in [-0.39, 0.29) is 40.1 Å². The van der Waals surface area contributed by atoms with Gasteiger partial charge >= 0.3 is 0 Å². The van der Waals surface area contributed by atoms with Gasteiger partial charge in [-0.1, -0.05) is 60.2 Å². The van der Waals surface area contributed by atoms with E-state index in [9.17, 15) is 22.9 Å². The van der Waals surface area contributed by atoms with Gasteiger partial charge in [0.25, 0.3) is 10.1 Å². The van der Waals surface area contributed by atoms with Crippen molar-refractivity contribution in [2.45, 2.75) is 11.8 Å². The number of rotatable bonds is 10. The van der Waals surface area contributed by atoms with Crippen molar-refractivity contribution in [2.75, 3.05) is 16.1 Å². The minimum Gasteiger partial charge on any atom is -0.504 e. The van der Waals surface area contributed by atoms with E-state index in [1.807, 2.05) is 31.2 Å². The van der Waals surface area contributed by atoms with E-state index in [1.54, 1.807) is 54.6 Å². The monoisotopic (exact) mass is 657 g/mol. The lowest BCUT2D eigenvalue weighted by Gasteiger charge is -2.14. The van der Waals surface area contributed by atoms with E-state index in [0.717, 1.165) is 17.7 Å². The summed E-state index contributed by atoms with van der Waals surface area (Å²) < 4.78 is 34.2. The quantitative estimate of drug-likeness (QED) is 0.0205. The average molecular weight is 658 g/mol. The van der Waals surface area contributed by atoms with Gasteiger partial charge in [0.05, 0.1) is 16.3 Å². The van der Waals surface area contributed by atoms with Crippen molar-refractivity contribution in [1.82, 2.24) is 15.0 Å². The number of nitrogens with zero attached hydrogens (tertiary/aromatic N) is 6. The van der Waals surface area contributed by atoms with E-state index in [1.165, 1.54) is 0 Å². The number of nitrogens with one attached hydrogen (secondary N) is 3. The van der Waals surface area contributed by atoms with Crippen LogP contribution in [0.3, 0.4) is 0 Å². The smallest absolute Gasteiger partial charge is 0.294 e. The van der Waals surface area contributed by atoms with Crippen LogP contribution in [0.4, 0.5) is 34.6 Å². The van der Waals surface area contributed by atoms with Crippen LogP contribution in [0.25, 0.3) is 0 Å². The first-order valence-corrected chi connectivity index (χ1v) is 15.1. The highest BCUT2D eigenvalue weighted by Crippen LogP contribution is 2.37. The van der Waals surface area contributed by atoms with E-state index in [4.69, 9.17) is 11.6 Å². The standard InChI is InChI=1S/C30H24ClN9O5S/c1-18-11-13-21(14-12-18)32-29-34-28(31)35-30(36-29)33-24-15-22(46(43,44)45)16-25(26(24)42)38-40-27(19-7-3-2-4-8-19)39-37-23-10-6-5-9-20(23)17-41/h2-17,38,42H,1H3,(H,43,44,45)(H2,32,33,34,35,36). The molecule has 5 aromatic rings. The Hall–Kier alpha value is -5.77.